The highest BCUT2D eigenvalue weighted by molar-refractivity contribution is 6.03. The van der Waals surface area contributed by atoms with Crippen molar-refractivity contribution in [2.75, 3.05) is 31.6 Å². The highest BCUT2D eigenvalue weighted by atomic mass is 16.5. The van der Waals surface area contributed by atoms with Gasteiger partial charge in [0, 0.05) is 42.0 Å². The molecule has 0 saturated carbocycles. The van der Waals surface area contributed by atoms with Gasteiger partial charge in [0.1, 0.15) is 12.4 Å². The summed E-state index contributed by atoms with van der Waals surface area (Å²) in [6.07, 6.45) is 7.36. The number of rotatable bonds is 7. The quantitative estimate of drug-likeness (QED) is 0.311. The molecule has 4 aromatic rings. The Morgan fingerprint density at radius 2 is 1.63 bits per heavy atom. The van der Waals surface area contributed by atoms with Crippen molar-refractivity contribution in [1.29, 1.82) is 0 Å². The minimum atomic E-state index is -0.260. The second kappa shape index (κ2) is 12.8. The third kappa shape index (κ3) is 6.90. The van der Waals surface area contributed by atoms with Gasteiger partial charge in [0.25, 0.3) is 0 Å². The number of amides is 2. The van der Waals surface area contributed by atoms with Crippen molar-refractivity contribution in [1.82, 2.24) is 15.2 Å². The van der Waals surface area contributed by atoms with E-state index >= 15 is 0 Å². The van der Waals surface area contributed by atoms with Crippen molar-refractivity contribution in [3.63, 3.8) is 0 Å². The molecule has 6 heteroatoms. The Bertz CT molecular complexity index is 1420. The number of hydrogen-bond donors (Lipinski definition) is 2. The lowest BCUT2D eigenvalue weighted by molar-refractivity contribution is 0.183. The summed E-state index contributed by atoms with van der Waals surface area (Å²) in [5.41, 5.74) is 3.56. The van der Waals surface area contributed by atoms with Gasteiger partial charge in [-0.1, -0.05) is 42.5 Å². The highest BCUT2D eigenvalue weighted by Gasteiger charge is 2.10. The molecule has 1 aliphatic heterocycles. The van der Waals surface area contributed by atoms with Crippen molar-refractivity contribution in [2.45, 2.75) is 25.8 Å². The van der Waals surface area contributed by atoms with Crippen molar-refractivity contribution in [3.05, 3.63) is 102 Å². The number of hydrogen-bond acceptors (Lipinski definition) is 4. The Morgan fingerprint density at radius 3 is 2.42 bits per heavy atom. The predicted octanol–water partition coefficient (Wildman–Crippen LogP) is 5.82. The topological polar surface area (TPSA) is 66.5 Å². The largest absolute Gasteiger partial charge is 0.492 e. The van der Waals surface area contributed by atoms with Gasteiger partial charge in [0.05, 0.1) is 5.69 Å². The van der Waals surface area contributed by atoms with Crippen LogP contribution in [0.1, 0.15) is 36.0 Å². The molecule has 0 radical (unpaired) electrons. The maximum atomic E-state index is 12.5. The van der Waals surface area contributed by atoms with Crippen LogP contribution in [0.25, 0.3) is 10.8 Å². The van der Waals surface area contributed by atoms with E-state index in [1.165, 1.54) is 32.4 Å². The maximum absolute atomic E-state index is 12.5. The number of nitrogens with zero attached hydrogens (tertiary/aromatic N) is 2. The van der Waals surface area contributed by atoms with Gasteiger partial charge in [-0.2, -0.15) is 0 Å². The van der Waals surface area contributed by atoms with E-state index < -0.39 is 0 Å². The minimum absolute atomic E-state index is 0.260. The molecule has 0 atom stereocenters. The molecule has 38 heavy (non-hydrogen) atoms. The number of fused-ring (bicyclic) bond motifs is 1. The molecule has 2 heterocycles. The Labute approximate surface area is 224 Å². The monoisotopic (exact) mass is 504 g/mol. The first-order valence-corrected chi connectivity index (χ1v) is 13.2. The van der Waals surface area contributed by atoms with Crippen LogP contribution in [-0.2, 0) is 6.54 Å². The van der Waals surface area contributed by atoms with E-state index in [4.69, 9.17) is 4.74 Å². The molecule has 1 saturated heterocycles. The molecular weight excluding hydrogens is 472 g/mol. The molecule has 0 unspecified atom stereocenters. The standard InChI is InChI=1S/C32H32N4O2/c37-32(34-24-26-16-18-33-19-17-26)35-31-15-12-27(29-6-2-3-7-30(29)31)11-8-25-9-13-28(14-10-25)38-23-22-36-20-4-1-5-21-36/h2-3,6-7,9-10,12-19H,1,4-5,20-24H2,(H2,34,35,37). The Balaban J connectivity index is 1.21. The van der Waals surface area contributed by atoms with E-state index in [0.29, 0.717) is 13.2 Å². The smallest absolute Gasteiger partial charge is 0.319 e. The first-order chi connectivity index (χ1) is 18.7. The summed E-state index contributed by atoms with van der Waals surface area (Å²) in [4.78, 5) is 19.0. The van der Waals surface area contributed by atoms with Crippen LogP contribution < -0.4 is 15.4 Å². The van der Waals surface area contributed by atoms with Crippen LogP contribution >= 0.6 is 0 Å². The molecule has 1 fully saturated rings. The molecular formula is C32H32N4O2. The zero-order chi connectivity index (χ0) is 26.0. The highest BCUT2D eigenvalue weighted by Crippen LogP contribution is 2.26. The number of nitrogens with one attached hydrogen (secondary N) is 2. The number of anilines is 1. The van der Waals surface area contributed by atoms with Crippen LogP contribution in [0, 0.1) is 11.8 Å². The van der Waals surface area contributed by atoms with Gasteiger partial charge in [0.2, 0.25) is 0 Å². The number of aromatic nitrogens is 1. The van der Waals surface area contributed by atoms with Crippen molar-refractivity contribution >= 4 is 22.5 Å². The summed E-state index contributed by atoms with van der Waals surface area (Å²) < 4.78 is 5.94. The Hall–Kier alpha value is -4.34. The molecule has 3 aromatic carbocycles. The molecule has 0 bridgehead atoms. The zero-order valence-electron chi connectivity index (χ0n) is 21.5. The van der Waals surface area contributed by atoms with Crippen molar-refractivity contribution in [2.24, 2.45) is 0 Å². The molecule has 0 aliphatic carbocycles. The lowest BCUT2D eigenvalue weighted by Crippen LogP contribution is -2.33. The summed E-state index contributed by atoms with van der Waals surface area (Å²) in [6.45, 7) is 4.48. The predicted molar refractivity (Wildman–Crippen MR) is 152 cm³/mol. The van der Waals surface area contributed by atoms with Crippen LogP contribution in [0.3, 0.4) is 0 Å². The summed E-state index contributed by atoms with van der Waals surface area (Å²) in [6, 6.07) is 23.3. The number of pyridine rings is 1. The fourth-order valence-electron chi connectivity index (χ4n) is 4.62. The molecule has 1 aromatic heterocycles. The lowest BCUT2D eigenvalue weighted by atomic mass is 10.0. The number of urea groups is 1. The first kappa shape index (κ1) is 25.3. The van der Waals surface area contributed by atoms with Gasteiger partial charge < -0.3 is 15.4 Å². The van der Waals surface area contributed by atoms with E-state index in [1.54, 1.807) is 12.4 Å². The number of piperidine rings is 1. The second-order valence-electron chi connectivity index (χ2n) is 9.39. The van der Waals surface area contributed by atoms with E-state index in [0.717, 1.165) is 45.4 Å². The van der Waals surface area contributed by atoms with E-state index in [2.05, 4.69) is 32.4 Å². The van der Waals surface area contributed by atoms with E-state index in [1.807, 2.05) is 72.8 Å². The maximum Gasteiger partial charge on any atom is 0.319 e. The first-order valence-electron chi connectivity index (χ1n) is 13.2. The van der Waals surface area contributed by atoms with Crippen LogP contribution in [0.2, 0.25) is 0 Å². The third-order valence-corrected chi connectivity index (χ3v) is 6.70. The molecule has 6 nitrogen and oxygen atoms in total. The summed E-state index contributed by atoms with van der Waals surface area (Å²) >= 11 is 0. The van der Waals surface area contributed by atoms with Gasteiger partial charge in [0.15, 0.2) is 0 Å². The summed E-state index contributed by atoms with van der Waals surface area (Å²) in [5, 5.41) is 7.79. The number of carbonyl (C=O) groups is 1. The van der Waals surface area contributed by atoms with Gasteiger partial charge in [-0.25, -0.2) is 4.79 Å². The minimum Gasteiger partial charge on any atom is -0.492 e. The average molecular weight is 505 g/mol. The fraction of sp³-hybridized carbons (Fsp3) is 0.250. The fourth-order valence-corrected chi connectivity index (χ4v) is 4.62. The van der Waals surface area contributed by atoms with Gasteiger partial charge >= 0.3 is 6.03 Å². The number of likely N-dealkylation sites (tertiary alicyclic amines) is 1. The normalized spacial score (nSPS) is 13.4. The summed E-state index contributed by atoms with van der Waals surface area (Å²) in [7, 11) is 0. The van der Waals surface area contributed by atoms with E-state index in [-0.39, 0.29) is 6.03 Å². The van der Waals surface area contributed by atoms with Crippen LogP contribution in [0.5, 0.6) is 5.75 Å². The summed E-state index contributed by atoms with van der Waals surface area (Å²) in [5.74, 6) is 7.44. The molecule has 5 rings (SSSR count). The lowest BCUT2D eigenvalue weighted by Gasteiger charge is -2.26. The average Bonchev–Trinajstić information content (AvgIpc) is 2.97. The number of benzene rings is 3. The Morgan fingerprint density at radius 1 is 0.868 bits per heavy atom. The molecule has 0 spiro atoms. The van der Waals surface area contributed by atoms with E-state index in [9.17, 15) is 4.79 Å². The Kier molecular flexibility index (Phi) is 8.50. The van der Waals surface area contributed by atoms with Gasteiger partial charge in [-0.3, -0.25) is 9.88 Å². The number of carbonyl (C=O) groups excluding carboxylic acids is 1. The van der Waals surface area contributed by atoms with Crippen LogP contribution in [0.15, 0.2) is 85.2 Å². The molecule has 2 amide bonds. The van der Waals surface area contributed by atoms with Crippen molar-refractivity contribution < 1.29 is 9.53 Å². The molecule has 192 valence electrons. The van der Waals surface area contributed by atoms with Gasteiger partial charge in [-0.15, -0.1) is 0 Å². The SMILES string of the molecule is O=C(NCc1ccncc1)Nc1ccc(C#Cc2ccc(OCCN3CCCCC3)cc2)c2ccccc12. The molecule has 1 aliphatic rings. The zero-order valence-corrected chi connectivity index (χ0v) is 21.5. The van der Waals surface area contributed by atoms with Crippen molar-refractivity contribution in [3.8, 4) is 17.6 Å². The third-order valence-electron chi connectivity index (χ3n) is 6.70. The van der Waals surface area contributed by atoms with Crippen LogP contribution in [-0.4, -0.2) is 42.2 Å². The van der Waals surface area contributed by atoms with Crippen LogP contribution in [0.4, 0.5) is 10.5 Å². The second-order valence-corrected chi connectivity index (χ2v) is 9.39. The molecule has 2 N–H and O–H groups in total. The van der Waals surface area contributed by atoms with Gasteiger partial charge in [-0.05, 0) is 85.4 Å². The number of ether oxygens (including phenoxy) is 1.